The summed E-state index contributed by atoms with van der Waals surface area (Å²) in [6, 6.07) is 5.32. The molecule has 2 aliphatic rings. The van der Waals surface area contributed by atoms with E-state index in [1.165, 1.54) is 6.07 Å². The van der Waals surface area contributed by atoms with Gasteiger partial charge in [0.05, 0.1) is 29.2 Å². The summed E-state index contributed by atoms with van der Waals surface area (Å²) in [6.07, 6.45) is 4.95. The minimum atomic E-state index is -0.476. The Morgan fingerprint density at radius 1 is 1.32 bits per heavy atom. The molecule has 1 aromatic carbocycles. The van der Waals surface area contributed by atoms with Gasteiger partial charge in [-0.2, -0.15) is 0 Å². The van der Waals surface area contributed by atoms with Crippen LogP contribution in [0.4, 0.5) is 10.2 Å². The first-order valence-corrected chi connectivity index (χ1v) is 8.77. The zero-order chi connectivity index (χ0) is 17.6. The van der Waals surface area contributed by atoms with Crippen molar-refractivity contribution in [2.45, 2.75) is 37.9 Å². The molecule has 4 rings (SSSR count). The fourth-order valence-electron chi connectivity index (χ4n) is 3.64. The number of halogens is 2. The highest BCUT2D eigenvalue weighted by atomic mass is 35.5. The van der Waals surface area contributed by atoms with Gasteiger partial charge in [0.25, 0.3) is 0 Å². The van der Waals surface area contributed by atoms with E-state index in [0.29, 0.717) is 23.5 Å². The van der Waals surface area contributed by atoms with E-state index in [0.717, 1.165) is 30.8 Å². The van der Waals surface area contributed by atoms with Gasteiger partial charge in [-0.15, -0.1) is 0 Å². The molecular formula is C18H19ClFN5. The number of hydrogen-bond acceptors (Lipinski definition) is 5. The van der Waals surface area contributed by atoms with Crippen molar-refractivity contribution in [1.82, 2.24) is 9.97 Å². The lowest BCUT2D eigenvalue weighted by Crippen LogP contribution is -2.42. The molecule has 5 nitrogen and oxygen atoms in total. The second kappa shape index (κ2) is 6.35. The molecule has 0 radical (unpaired) electrons. The van der Waals surface area contributed by atoms with Crippen molar-refractivity contribution in [1.29, 1.82) is 0 Å². The van der Waals surface area contributed by atoms with E-state index in [2.05, 4.69) is 14.9 Å². The number of likely N-dealkylation sites (N-methyl/N-ethyl adjacent to an activating group) is 1. The molecule has 2 N–H and O–H groups in total. The number of fused-ring (bicyclic) bond motifs is 1. The van der Waals surface area contributed by atoms with Crippen molar-refractivity contribution in [3.8, 4) is 0 Å². The van der Waals surface area contributed by atoms with Crippen LogP contribution >= 0.6 is 11.6 Å². The summed E-state index contributed by atoms with van der Waals surface area (Å²) in [5.74, 6) is 0.305. The third kappa shape index (κ3) is 2.79. The molecule has 0 saturated heterocycles. The standard InChI is InChI=1S/C18H19ClFN5/c1-25(14-7-3-6-12(14)21)15-9-23-18-13(24-15)8-22-17(18)10-4-2-5-11(19)16(10)20/h2,4-5,9,12,14H,3,6-8,21H2,1H3/t12-,14-/m0/s1. The molecule has 1 fully saturated rings. The first kappa shape index (κ1) is 16.4. The van der Waals surface area contributed by atoms with Crippen LogP contribution in [0, 0.1) is 5.82 Å². The van der Waals surface area contributed by atoms with Gasteiger partial charge in [0.2, 0.25) is 0 Å². The maximum absolute atomic E-state index is 14.3. The smallest absolute Gasteiger partial charge is 0.151 e. The van der Waals surface area contributed by atoms with Crippen LogP contribution in [0.2, 0.25) is 5.02 Å². The molecule has 0 spiro atoms. The maximum atomic E-state index is 14.3. The third-order valence-electron chi connectivity index (χ3n) is 5.04. The average molecular weight is 360 g/mol. The molecule has 1 aromatic heterocycles. The zero-order valence-electron chi connectivity index (χ0n) is 13.9. The van der Waals surface area contributed by atoms with E-state index in [-0.39, 0.29) is 17.1 Å². The predicted molar refractivity (Wildman–Crippen MR) is 96.8 cm³/mol. The van der Waals surface area contributed by atoms with Crippen molar-refractivity contribution >= 4 is 23.1 Å². The number of nitrogens with zero attached hydrogens (tertiary/aromatic N) is 4. The van der Waals surface area contributed by atoms with E-state index in [1.54, 1.807) is 18.3 Å². The SMILES string of the molecule is CN(c1cnc2c(n1)CN=C2c1cccc(Cl)c1F)[C@H]1CCC[C@@H]1N. The van der Waals surface area contributed by atoms with Crippen LogP contribution in [0.15, 0.2) is 29.4 Å². The molecule has 0 bridgehead atoms. The van der Waals surface area contributed by atoms with Crippen LogP contribution in [0.25, 0.3) is 0 Å². The summed E-state index contributed by atoms with van der Waals surface area (Å²) in [4.78, 5) is 15.8. The number of aliphatic imine (C=N–C) groups is 1. The van der Waals surface area contributed by atoms with Crippen LogP contribution in [-0.2, 0) is 6.54 Å². The molecule has 25 heavy (non-hydrogen) atoms. The van der Waals surface area contributed by atoms with Crippen molar-refractivity contribution < 1.29 is 4.39 Å². The number of rotatable bonds is 3. The molecule has 1 aliphatic heterocycles. The van der Waals surface area contributed by atoms with Gasteiger partial charge in [0.1, 0.15) is 11.5 Å². The van der Waals surface area contributed by atoms with E-state index in [9.17, 15) is 4.39 Å². The van der Waals surface area contributed by atoms with Gasteiger partial charge in [0, 0.05) is 24.7 Å². The van der Waals surface area contributed by atoms with Crippen molar-refractivity contribution in [3.05, 3.63) is 52.2 Å². The second-order valence-electron chi connectivity index (χ2n) is 6.56. The quantitative estimate of drug-likeness (QED) is 0.914. The van der Waals surface area contributed by atoms with E-state index in [4.69, 9.17) is 22.3 Å². The van der Waals surface area contributed by atoms with Crippen LogP contribution in [0.5, 0.6) is 0 Å². The Kier molecular flexibility index (Phi) is 4.17. The topological polar surface area (TPSA) is 67.4 Å². The summed E-state index contributed by atoms with van der Waals surface area (Å²) in [5, 5.41) is 0.0770. The van der Waals surface area contributed by atoms with Crippen molar-refractivity contribution in [3.63, 3.8) is 0 Å². The molecule has 2 heterocycles. The van der Waals surface area contributed by atoms with Gasteiger partial charge in [-0.05, 0) is 31.4 Å². The Balaban J connectivity index is 1.65. The number of nitrogens with two attached hydrogens (primary N) is 1. The molecule has 1 aliphatic carbocycles. The summed E-state index contributed by atoms with van der Waals surface area (Å²) in [5.41, 5.74) is 8.44. The largest absolute Gasteiger partial charge is 0.354 e. The second-order valence-corrected chi connectivity index (χ2v) is 6.97. The highest BCUT2D eigenvalue weighted by Gasteiger charge is 2.30. The molecule has 2 atom stereocenters. The Hall–Kier alpha value is -2.05. The molecule has 0 amide bonds. The zero-order valence-corrected chi connectivity index (χ0v) is 14.7. The Morgan fingerprint density at radius 3 is 2.92 bits per heavy atom. The molecule has 0 unspecified atom stereocenters. The number of hydrogen-bond donors (Lipinski definition) is 1. The van der Waals surface area contributed by atoms with Gasteiger partial charge >= 0.3 is 0 Å². The van der Waals surface area contributed by atoms with Crippen molar-refractivity contribution in [2.75, 3.05) is 11.9 Å². The predicted octanol–water partition coefficient (Wildman–Crippen LogP) is 2.94. The first-order valence-electron chi connectivity index (χ1n) is 8.40. The highest BCUT2D eigenvalue weighted by molar-refractivity contribution is 6.31. The lowest BCUT2D eigenvalue weighted by atomic mass is 10.1. The number of benzene rings is 1. The van der Waals surface area contributed by atoms with E-state index >= 15 is 0 Å². The summed E-state index contributed by atoms with van der Waals surface area (Å²) < 4.78 is 14.3. The lowest BCUT2D eigenvalue weighted by molar-refractivity contribution is 0.567. The minimum absolute atomic E-state index is 0.0770. The van der Waals surface area contributed by atoms with Gasteiger partial charge < -0.3 is 10.6 Å². The summed E-state index contributed by atoms with van der Waals surface area (Å²) in [6.45, 7) is 0.391. The van der Waals surface area contributed by atoms with E-state index < -0.39 is 5.82 Å². The van der Waals surface area contributed by atoms with Crippen LogP contribution in [0.3, 0.4) is 0 Å². The summed E-state index contributed by atoms with van der Waals surface area (Å²) in [7, 11) is 2.00. The van der Waals surface area contributed by atoms with Crippen LogP contribution in [-0.4, -0.2) is 34.8 Å². The van der Waals surface area contributed by atoms with Gasteiger partial charge in [-0.25, -0.2) is 14.4 Å². The average Bonchev–Trinajstić information content (AvgIpc) is 3.22. The van der Waals surface area contributed by atoms with Gasteiger partial charge in [0.15, 0.2) is 5.82 Å². The Bertz CT molecular complexity index is 853. The van der Waals surface area contributed by atoms with E-state index in [1.807, 2.05) is 7.05 Å². The number of anilines is 1. The summed E-state index contributed by atoms with van der Waals surface area (Å²) >= 11 is 5.89. The Labute approximate surface area is 150 Å². The fraction of sp³-hybridized carbons (Fsp3) is 0.389. The third-order valence-corrected chi connectivity index (χ3v) is 5.33. The molecule has 1 saturated carbocycles. The van der Waals surface area contributed by atoms with Crippen LogP contribution < -0.4 is 10.6 Å². The van der Waals surface area contributed by atoms with Crippen molar-refractivity contribution in [2.24, 2.45) is 10.7 Å². The normalized spacial score (nSPS) is 22.0. The minimum Gasteiger partial charge on any atom is -0.354 e. The fourth-order valence-corrected chi connectivity index (χ4v) is 3.82. The molecular weight excluding hydrogens is 341 g/mol. The molecule has 130 valence electrons. The van der Waals surface area contributed by atoms with Crippen LogP contribution in [0.1, 0.15) is 36.2 Å². The molecule has 2 aromatic rings. The maximum Gasteiger partial charge on any atom is 0.151 e. The number of aromatic nitrogens is 2. The molecule has 7 heteroatoms. The van der Waals surface area contributed by atoms with Gasteiger partial charge in [-0.3, -0.25) is 4.99 Å². The first-order chi connectivity index (χ1) is 12.1. The monoisotopic (exact) mass is 359 g/mol. The highest BCUT2D eigenvalue weighted by Crippen LogP contribution is 2.29. The van der Waals surface area contributed by atoms with Gasteiger partial charge in [-0.1, -0.05) is 17.7 Å². The lowest BCUT2D eigenvalue weighted by Gasteiger charge is -2.28. The Morgan fingerprint density at radius 2 is 2.16 bits per heavy atom.